The zero-order chi connectivity index (χ0) is 9.97. The van der Waals surface area contributed by atoms with Crippen molar-refractivity contribution in [3.63, 3.8) is 0 Å². The SMILES string of the molecule is Clc1nsnc1NCc1csc(Br)c1. The fourth-order valence-corrected chi connectivity index (χ4v) is 2.80. The zero-order valence-electron chi connectivity index (χ0n) is 6.83. The predicted molar refractivity (Wildman–Crippen MR) is 64.3 cm³/mol. The molecule has 2 aromatic heterocycles. The Hall–Kier alpha value is -0.170. The van der Waals surface area contributed by atoms with Gasteiger partial charge in [-0.25, -0.2) is 0 Å². The molecule has 0 bridgehead atoms. The molecule has 0 amide bonds. The lowest BCUT2D eigenvalue weighted by atomic mass is 10.3. The molecule has 0 radical (unpaired) electrons. The highest BCUT2D eigenvalue weighted by atomic mass is 79.9. The third-order valence-electron chi connectivity index (χ3n) is 1.53. The van der Waals surface area contributed by atoms with Gasteiger partial charge in [0.15, 0.2) is 11.0 Å². The van der Waals surface area contributed by atoms with Crippen molar-refractivity contribution in [3.8, 4) is 0 Å². The van der Waals surface area contributed by atoms with Crippen LogP contribution >= 0.6 is 50.6 Å². The second-order valence-electron chi connectivity index (χ2n) is 2.52. The van der Waals surface area contributed by atoms with Crippen LogP contribution in [0.5, 0.6) is 0 Å². The maximum atomic E-state index is 5.78. The highest BCUT2D eigenvalue weighted by molar-refractivity contribution is 9.11. The molecule has 2 aromatic rings. The molecule has 0 aliphatic rings. The molecule has 3 nitrogen and oxygen atoms in total. The van der Waals surface area contributed by atoms with E-state index in [1.807, 2.05) is 0 Å². The van der Waals surface area contributed by atoms with Gasteiger partial charge in [0.2, 0.25) is 0 Å². The molecular formula is C7H5BrClN3S2. The summed E-state index contributed by atoms with van der Waals surface area (Å²) in [5, 5.41) is 5.62. The minimum Gasteiger partial charge on any atom is -0.363 e. The van der Waals surface area contributed by atoms with Crippen molar-refractivity contribution in [3.05, 3.63) is 25.9 Å². The Balaban J connectivity index is 1.98. The smallest absolute Gasteiger partial charge is 0.186 e. The molecule has 0 aliphatic heterocycles. The first kappa shape index (κ1) is 10.4. The zero-order valence-corrected chi connectivity index (χ0v) is 10.8. The number of nitrogens with one attached hydrogen (secondary N) is 1. The normalized spacial score (nSPS) is 10.4. The van der Waals surface area contributed by atoms with Crippen molar-refractivity contribution in [2.45, 2.75) is 6.54 Å². The van der Waals surface area contributed by atoms with Crippen LogP contribution < -0.4 is 5.32 Å². The average Bonchev–Trinajstić information content (AvgIpc) is 2.72. The molecular weight excluding hydrogens is 306 g/mol. The monoisotopic (exact) mass is 309 g/mol. The summed E-state index contributed by atoms with van der Waals surface area (Å²) in [6, 6.07) is 2.06. The van der Waals surface area contributed by atoms with Crippen molar-refractivity contribution in [1.29, 1.82) is 0 Å². The Kier molecular flexibility index (Phi) is 3.38. The first-order chi connectivity index (χ1) is 6.75. The van der Waals surface area contributed by atoms with Crippen LogP contribution in [0, 0.1) is 0 Å². The summed E-state index contributed by atoms with van der Waals surface area (Å²) in [6.07, 6.45) is 0. The molecule has 0 spiro atoms. The molecule has 0 fully saturated rings. The van der Waals surface area contributed by atoms with Gasteiger partial charge in [-0.15, -0.1) is 11.3 Å². The Bertz CT molecular complexity index is 428. The number of nitrogens with zero attached hydrogens (tertiary/aromatic N) is 2. The van der Waals surface area contributed by atoms with E-state index in [0.717, 1.165) is 15.5 Å². The first-order valence-electron chi connectivity index (χ1n) is 3.70. The number of rotatable bonds is 3. The van der Waals surface area contributed by atoms with E-state index in [2.05, 4.69) is 41.4 Å². The Morgan fingerprint density at radius 3 is 2.93 bits per heavy atom. The van der Waals surface area contributed by atoms with Gasteiger partial charge in [-0.1, -0.05) is 11.6 Å². The van der Waals surface area contributed by atoms with Crippen molar-refractivity contribution >= 4 is 56.4 Å². The highest BCUT2D eigenvalue weighted by Gasteiger charge is 2.04. The molecule has 0 saturated heterocycles. The minimum absolute atomic E-state index is 0.435. The largest absolute Gasteiger partial charge is 0.363 e. The highest BCUT2D eigenvalue weighted by Crippen LogP contribution is 2.23. The van der Waals surface area contributed by atoms with E-state index in [4.69, 9.17) is 11.6 Å². The van der Waals surface area contributed by atoms with Gasteiger partial charge in [0, 0.05) is 6.54 Å². The van der Waals surface area contributed by atoms with Crippen LogP contribution in [0.3, 0.4) is 0 Å². The van der Waals surface area contributed by atoms with E-state index in [-0.39, 0.29) is 0 Å². The summed E-state index contributed by atoms with van der Waals surface area (Å²) in [5.41, 5.74) is 1.20. The van der Waals surface area contributed by atoms with Crippen LogP contribution in [0.15, 0.2) is 15.2 Å². The summed E-state index contributed by atoms with van der Waals surface area (Å²) in [5.74, 6) is 0.652. The molecule has 14 heavy (non-hydrogen) atoms. The van der Waals surface area contributed by atoms with E-state index < -0.39 is 0 Å². The van der Waals surface area contributed by atoms with E-state index in [0.29, 0.717) is 17.5 Å². The van der Waals surface area contributed by atoms with Gasteiger partial charge in [0.05, 0.1) is 15.5 Å². The van der Waals surface area contributed by atoms with Gasteiger partial charge < -0.3 is 5.32 Å². The number of hydrogen-bond donors (Lipinski definition) is 1. The van der Waals surface area contributed by atoms with Gasteiger partial charge in [-0.3, -0.25) is 0 Å². The first-order valence-corrected chi connectivity index (χ1v) is 6.48. The molecule has 7 heteroatoms. The predicted octanol–water partition coefficient (Wildman–Crippen LogP) is 3.63. The lowest BCUT2D eigenvalue weighted by molar-refractivity contribution is 1.14. The van der Waals surface area contributed by atoms with Crippen molar-refractivity contribution < 1.29 is 0 Å². The van der Waals surface area contributed by atoms with Crippen LogP contribution in [0.1, 0.15) is 5.56 Å². The van der Waals surface area contributed by atoms with Gasteiger partial charge in [-0.2, -0.15) is 8.75 Å². The molecule has 0 atom stereocenters. The van der Waals surface area contributed by atoms with Crippen LogP contribution in [0.4, 0.5) is 5.82 Å². The number of aromatic nitrogens is 2. The summed E-state index contributed by atoms with van der Waals surface area (Å²) in [6.45, 7) is 0.716. The lowest BCUT2D eigenvalue weighted by Crippen LogP contribution is -1.98. The van der Waals surface area contributed by atoms with Crippen molar-refractivity contribution in [2.75, 3.05) is 5.32 Å². The molecule has 0 aliphatic carbocycles. The van der Waals surface area contributed by atoms with Crippen LogP contribution in [0.2, 0.25) is 5.15 Å². The number of anilines is 1. The lowest BCUT2D eigenvalue weighted by Gasteiger charge is -1.99. The van der Waals surface area contributed by atoms with E-state index >= 15 is 0 Å². The third-order valence-corrected chi connectivity index (χ3v) is 3.98. The number of thiophene rings is 1. The summed E-state index contributed by atoms with van der Waals surface area (Å²) in [7, 11) is 0. The molecule has 74 valence electrons. The number of hydrogen-bond acceptors (Lipinski definition) is 5. The maximum Gasteiger partial charge on any atom is 0.186 e. The van der Waals surface area contributed by atoms with Crippen molar-refractivity contribution in [2.24, 2.45) is 0 Å². The van der Waals surface area contributed by atoms with Gasteiger partial charge in [-0.05, 0) is 32.9 Å². The summed E-state index contributed by atoms with van der Waals surface area (Å²) in [4.78, 5) is 0. The molecule has 1 N–H and O–H groups in total. The fourth-order valence-electron chi connectivity index (χ4n) is 0.907. The van der Waals surface area contributed by atoms with Crippen LogP contribution in [-0.4, -0.2) is 8.75 Å². The average molecular weight is 311 g/mol. The summed E-state index contributed by atoms with van der Waals surface area (Å²) < 4.78 is 9.00. The van der Waals surface area contributed by atoms with Crippen LogP contribution in [0.25, 0.3) is 0 Å². The third kappa shape index (κ3) is 2.44. The van der Waals surface area contributed by atoms with Crippen LogP contribution in [-0.2, 0) is 6.54 Å². The fraction of sp³-hybridized carbons (Fsp3) is 0.143. The molecule has 0 unspecified atom stereocenters. The van der Waals surface area contributed by atoms with E-state index in [1.54, 1.807) is 11.3 Å². The molecule has 0 aromatic carbocycles. The van der Waals surface area contributed by atoms with Gasteiger partial charge in [0.1, 0.15) is 0 Å². The van der Waals surface area contributed by atoms with Crippen molar-refractivity contribution in [1.82, 2.24) is 8.75 Å². The molecule has 0 saturated carbocycles. The standard InChI is InChI=1S/C7H5BrClN3S2/c8-5-1-4(3-13-5)2-10-7-6(9)11-14-12-7/h1,3H,2H2,(H,10,12). The molecule has 2 rings (SSSR count). The van der Waals surface area contributed by atoms with Gasteiger partial charge in [0.25, 0.3) is 0 Å². The Morgan fingerprint density at radius 2 is 2.36 bits per heavy atom. The van der Waals surface area contributed by atoms with Gasteiger partial charge >= 0.3 is 0 Å². The molecule has 2 heterocycles. The maximum absolute atomic E-state index is 5.78. The number of halogens is 2. The minimum atomic E-state index is 0.435. The second kappa shape index (κ2) is 4.57. The Labute approximate surface area is 103 Å². The second-order valence-corrected chi connectivity index (χ2v) is 5.69. The summed E-state index contributed by atoms with van der Waals surface area (Å²) >= 11 is 11.9. The van der Waals surface area contributed by atoms with E-state index in [1.165, 1.54) is 5.56 Å². The quantitative estimate of drug-likeness (QED) is 0.941. The van der Waals surface area contributed by atoms with E-state index in [9.17, 15) is 0 Å². The topological polar surface area (TPSA) is 37.8 Å². The Morgan fingerprint density at radius 1 is 1.50 bits per heavy atom.